The largest absolute Gasteiger partial charge is 0.330 e. The minimum Gasteiger partial charge on any atom is -0.330 e. The number of nitrogens with zero attached hydrogens (tertiary/aromatic N) is 2. The average Bonchev–Trinajstić information content (AvgIpc) is 2.93. The van der Waals surface area contributed by atoms with Crippen molar-refractivity contribution in [3.8, 4) is 0 Å². The number of nitrogens with one attached hydrogen (secondary N) is 1. The summed E-state index contributed by atoms with van der Waals surface area (Å²) in [6, 6.07) is 10.8. The van der Waals surface area contributed by atoms with Crippen LogP contribution in [-0.2, 0) is 0 Å². The van der Waals surface area contributed by atoms with Gasteiger partial charge in [-0.05, 0) is 50.1 Å². The quantitative estimate of drug-likeness (QED) is 0.910. The third kappa shape index (κ3) is 3.47. The van der Waals surface area contributed by atoms with Crippen molar-refractivity contribution in [2.24, 2.45) is 11.7 Å². The van der Waals surface area contributed by atoms with E-state index in [4.69, 9.17) is 5.73 Å². The molecule has 3 atom stereocenters. The van der Waals surface area contributed by atoms with Gasteiger partial charge in [-0.3, -0.25) is 5.10 Å². The lowest BCUT2D eigenvalue weighted by molar-refractivity contribution is 0.343. The second-order valence-corrected chi connectivity index (χ2v) is 6.98. The van der Waals surface area contributed by atoms with E-state index in [2.05, 4.69) is 45.5 Å². The molecule has 112 valence electrons. The Morgan fingerprint density at radius 2 is 2.10 bits per heavy atom. The van der Waals surface area contributed by atoms with Gasteiger partial charge >= 0.3 is 0 Å². The van der Waals surface area contributed by atoms with Gasteiger partial charge in [-0.1, -0.05) is 42.1 Å². The van der Waals surface area contributed by atoms with Crippen molar-refractivity contribution >= 4 is 11.8 Å². The van der Waals surface area contributed by atoms with Crippen LogP contribution in [0.1, 0.15) is 36.6 Å². The predicted molar refractivity (Wildman–Crippen MR) is 86.3 cm³/mol. The maximum atomic E-state index is 5.97. The molecule has 5 heteroatoms. The highest BCUT2D eigenvalue weighted by Crippen LogP contribution is 2.42. The monoisotopic (exact) mass is 302 g/mol. The van der Waals surface area contributed by atoms with E-state index in [0.717, 1.165) is 23.9 Å². The normalized spacial score (nSPS) is 25.9. The lowest BCUT2D eigenvalue weighted by Crippen LogP contribution is -2.31. The molecule has 2 aromatic rings. The highest BCUT2D eigenvalue weighted by atomic mass is 32.2. The Balaban J connectivity index is 1.72. The van der Waals surface area contributed by atoms with Crippen LogP contribution in [0.4, 0.5) is 0 Å². The first kappa shape index (κ1) is 14.6. The summed E-state index contributed by atoms with van der Waals surface area (Å²) in [6.45, 7) is 2.69. The van der Waals surface area contributed by atoms with Gasteiger partial charge in [0.2, 0.25) is 5.16 Å². The molecule has 1 aliphatic carbocycles. The SMILES string of the molecule is Cc1nc(SC2CC(c3ccccc3)CCC2CN)n[nH]1. The van der Waals surface area contributed by atoms with Gasteiger partial charge in [0, 0.05) is 5.25 Å². The van der Waals surface area contributed by atoms with Gasteiger partial charge in [-0.15, -0.1) is 5.10 Å². The maximum Gasteiger partial charge on any atom is 0.208 e. The van der Waals surface area contributed by atoms with Crippen LogP contribution in [0.25, 0.3) is 0 Å². The minimum atomic E-state index is 0.504. The van der Waals surface area contributed by atoms with Gasteiger partial charge in [0.15, 0.2) is 0 Å². The van der Waals surface area contributed by atoms with Crippen molar-refractivity contribution in [2.45, 2.75) is 42.5 Å². The molecule has 1 saturated carbocycles. The van der Waals surface area contributed by atoms with Gasteiger partial charge in [0.1, 0.15) is 5.82 Å². The summed E-state index contributed by atoms with van der Waals surface area (Å²) in [7, 11) is 0. The zero-order chi connectivity index (χ0) is 14.7. The second kappa shape index (κ2) is 6.62. The molecule has 0 radical (unpaired) electrons. The highest BCUT2D eigenvalue weighted by molar-refractivity contribution is 7.99. The summed E-state index contributed by atoms with van der Waals surface area (Å²) in [6.07, 6.45) is 3.58. The Morgan fingerprint density at radius 3 is 2.76 bits per heavy atom. The van der Waals surface area contributed by atoms with Gasteiger partial charge in [-0.25, -0.2) is 4.98 Å². The van der Waals surface area contributed by atoms with Crippen LogP contribution in [0.15, 0.2) is 35.5 Å². The van der Waals surface area contributed by atoms with Crippen LogP contribution in [-0.4, -0.2) is 27.0 Å². The summed E-state index contributed by atoms with van der Waals surface area (Å²) >= 11 is 1.78. The van der Waals surface area contributed by atoms with Crippen molar-refractivity contribution in [2.75, 3.05) is 6.54 Å². The molecule has 3 N–H and O–H groups in total. The molecule has 0 saturated heterocycles. The summed E-state index contributed by atoms with van der Waals surface area (Å²) in [4.78, 5) is 4.43. The number of nitrogens with two attached hydrogens (primary N) is 1. The van der Waals surface area contributed by atoms with Crippen LogP contribution in [0.2, 0.25) is 0 Å². The van der Waals surface area contributed by atoms with Gasteiger partial charge in [-0.2, -0.15) is 0 Å². The van der Waals surface area contributed by atoms with E-state index in [1.807, 2.05) is 6.92 Å². The maximum absolute atomic E-state index is 5.97. The molecular formula is C16H22N4S. The summed E-state index contributed by atoms with van der Waals surface area (Å²) in [5.41, 5.74) is 7.42. The lowest BCUT2D eigenvalue weighted by Gasteiger charge is -2.34. The fraction of sp³-hybridized carbons (Fsp3) is 0.500. The van der Waals surface area contributed by atoms with E-state index in [-0.39, 0.29) is 0 Å². The average molecular weight is 302 g/mol. The standard InChI is InChI=1S/C16H22N4S/c1-11-18-16(20-19-11)21-15-9-13(7-8-14(15)10-17)12-5-3-2-4-6-12/h2-6,13-15H,7-10,17H2,1H3,(H,18,19,20). The molecular weight excluding hydrogens is 280 g/mol. The third-order valence-electron chi connectivity index (χ3n) is 4.34. The van der Waals surface area contributed by atoms with Crippen molar-refractivity contribution in [1.82, 2.24) is 15.2 Å². The molecule has 4 nitrogen and oxygen atoms in total. The number of aromatic amines is 1. The van der Waals surface area contributed by atoms with Gasteiger partial charge in [0.05, 0.1) is 0 Å². The number of H-pyrrole nitrogens is 1. The van der Waals surface area contributed by atoms with Crippen LogP contribution in [0.3, 0.4) is 0 Å². The molecule has 1 aromatic heterocycles. The van der Waals surface area contributed by atoms with Crippen LogP contribution >= 0.6 is 11.8 Å². The Morgan fingerprint density at radius 1 is 1.29 bits per heavy atom. The lowest BCUT2D eigenvalue weighted by atomic mass is 9.78. The van der Waals surface area contributed by atoms with E-state index < -0.39 is 0 Å². The van der Waals surface area contributed by atoms with E-state index in [1.165, 1.54) is 18.4 Å². The smallest absolute Gasteiger partial charge is 0.208 e. The first-order chi connectivity index (χ1) is 10.3. The predicted octanol–water partition coefficient (Wildman–Crippen LogP) is 3.12. The third-order valence-corrected chi connectivity index (χ3v) is 5.61. The second-order valence-electron chi connectivity index (χ2n) is 5.78. The van der Waals surface area contributed by atoms with E-state index in [0.29, 0.717) is 17.1 Å². The van der Waals surface area contributed by atoms with E-state index in [9.17, 15) is 0 Å². The molecule has 3 unspecified atom stereocenters. The van der Waals surface area contributed by atoms with Gasteiger partial charge < -0.3 is 5.73 Å². The summed E-state index contributed by atoms with van der Waals surface area (Å²) < 4.78 is 0. The molecule has 0 aliphatic heterocycles. The number of benzene rings is 1. The van der Waals surface area contributed by atoms with Crippen LogP contribution < -0.4 is 5.73 Å². The zero-order valence-corrected chi connectivity index (χ0v) is 13.1. The number of thioether (sulfide) groups is 1. The number of aryl methyl sites for hydroxylation is 1. The van der Waals surface area contributed by atoms with Crippen molar-refractivity contribution in [3.63, 3.8) is 0 Å². The van der Waals surface area contributed by atoms with Crippen molar-refractivity contribution in [1.29, 1.82) is 0 Å². The molecule has 0 amide bonds. The molecule has 1 fully saturated rings. The highest BCUT2D eigenvalue weighted by Gasteiger charge is 2.31. The minimum absolute atomic E-state index is 0.504. The summed E-state index contributed by atoms with van der Waals surface area (Å²) in [5.74, 6) is 2.07. The Bertz CT molecular complexity index is 569. The molecule has 1 heterocycles. The van der Waals surface area contributed by atoms with Crippen LogP contribution in [0.5, 0.6) is 0 Å². The fourth-order valence-corrected chi connectivity index (χ4v) is 4.47. The Hall–Kier alpha value is -1.33. The molecule has 0 spiro atoms. The fourth-order valence-electron chi connectivity index (χ4n) is 3.14. The zero-order valence-electron chi connectivity index (χ0n) is 12.3. The number of aromatic nitrogens is 3. The first-order valence-electron chi connectivity index (χ1n) is 7.57. The molecule has 3 rings (SSSR count). The van der Waals surface area contributed by atoms with Crippen molar-refractivity contribution in [3.05, 3.63) is 41.7 Å². The van der Waals surface area contributed by atoms with Gasteiger partial charge in [0.25, 0.3) is 0 Å². The number of rotatable bonds is 4. The Kier molecular flexibility index (Phi) is 4.60. The first-order valence-corrected chi connectivity index (χ1v) is 8.45. The number of hydrogen-bond donors (Lipinski definition) is 2. The topological polar surface area (TPSA) is 67.6 Å². The van der Waals surface area contributed by atoms with E-state index in [1.54, 1.807) is 11.8 Å². The molecule has 0 bridgehead atoms. The molecule has 21 heavy (non-hydrogen) atoms. The van der Waals surface area contributed by atoms with Crippen molar-refractivity contribution < 1.29 is 0 Å². The van der Waals surface area contributed by atoms with Crippen LogP contribution in [0, 0.1) is 12.8 Å². The van der Waals surface area contributed by atoms with E-state index >= 15 is 0 Å². The summed E-state index contributed by atoms with van der Waals surface area (Å²) in [5, 5.41) is 8.54. The molecule has 1 aromatic carbocycles. The Labute approximate surface area is 129 Å². The molecule has 1 aliphatic rings. The number of hydrogen-bond acceptors (Lipinski definition) is 4.